The van der Waals surface area contributed by atoms with Crippen molar-refractivity contribution in [1.82, 2.24) is 5.32 Å². The van der Waals surface area contributed by atoms with E-state index >= 15 is 0 Å². The molecule has 1 fully saturated rings. The number of urea groups is 1. The van der Waals surface area contributed by atoms with E-state index in [9.17, 15) is 9.90 Å². The summed E-state index contributed by atoms with van der Waals surface area (Å²) in [5.41, 5.74) is 3.73. The maximum absolute atomic E-state index is 12.8. The van der Waals surface area contributed by atoms with Gasteiger partial charge in [0.25, 0.3) is 0 Å². The summed E-state index contributed by atoms with van der Waals surface area (Å²) in [6, 6.07) is 18.3. The SMILES string of the molecule is O=C(NCC(CCO)c1ccccc1)N1CC2(CC2)c2ccccc21. The van der Waals surface area contributed by atoms with E-state index in [1.54, 1.807) is 0 Å². The third kappa shape index (κ3) is 3.02. The Morgan fingerprint density at radius 2 is 1.84 bits per heavy atom. The Morgan fingerprint density at radius 1 is 1.12 bits per heavy atom. The number of carbonyl (C=O) groups excluding carboxylic acids is 1. The van der Waals surface area contributed by atoms with Crippen molar-refractivity contribution in [1.29, 1.82) is 0 Å². The van der Waals surface area contributed by atoms with E-state index in [1.165, 1.54) is 18.4 Å². The molecule has 0 radical (unpaired) electrons. The third-order valence-electron chi connectivity index (χ3n) is 5.57. The number of fused-ring (bicyclic) bond motifs is 2. The zero-order valence-electron chi connectivity index (χ0n) is 14.3. The normalized spacial score (nSPS) is 18.0. The number of nitrogens with zero attached hydrogens (tertiary/aromatic N) is 1. The topological polar surface area (TPSA) is 52.6 Å². The summed E-state index contributed by atoms with van der Waals surface area (Å²) in [7, 11) is 0. The lowest BCUT2D eigenvalue weighted by Gasteiger charge is -2.22. The summed E-state index contributed by atoms with van der Waals surface area (Å²) < 4.78 is 0. The molecule has 0 bridgehead atoms. The zero-order valence-corrected chi connectivity index (χ0v) is 14.3. The van der Waals surface area contributed by atoms with E-state index in [0.717, 1.165) is 17.8 Å². The summed E-state index contributed by atoms with van der Waals surface area (Å²) in [5.74, 6) is 0.128. The largest absolute Gasteiger partial charge is 0.396 e. The zero-order chi connectivity index (χ0) is 17.3. The summed E-state index contributed by atoms with van der Waals surface area (Å²) in [6.07, 6.45) is 2.99. The lowest BCUT2D eigenvalue weighted by Crippen LogP contribution is -2.42. The smallest absolute Gasteiger partial charge is 0.321 e. The first kappa shape index (κ1) is 16.2. The number of aliphatic hydroxyl groups excluding tert-OH is 1. The van der Waals surface area contributed by atoms with Crippen LogP contribution in [0.15, 0.2) is 54.6 Å². The van der Waals surface area contributed by atoms with Crippen molar-refractivity contribution in [2.75, 3.05) is 24.6 Å². The standard InChI is InChI=1S/C21H24N2O2/c24-13-10-17(16-6-2-1-3-7-16)14-22-20(25)23-15-21(11-12-21)18-8-4-5-9-19(18)23/h1-9,17,24H,10-15H2,(H,22,25). The quantitative estimate of drug-likeness (QED) is 0.879. The monoisotopic (exact) mass is 336 g/mol. The molecule has 4 rings (SSSR count). The number of anilines is 1. The average molecular weight is 336 g/mol. The maximum atomic E-state index is 12.8. The van der Waals surface area contributed by atoms with Gasteiger partial charge >= 0.3 is 6.03 Å². The van der Waals surface area contributed by atoms with Gasteiger partial charge in [0.2, 0.25) is 0 Å². The van der Waals surface area contributed by atoms with Gasteiger partial charge in [-0.2, -0.15) is 0 Å². The Balaban J connectivity index is 1.46. The van der Waals surface area contributed by atoms with Gasteiger partial charge in [-0.25, -0.2) is 4.79 Å². The van der Waals surface area contributed by atoms with Crippen LogP contribution in [0.5, 0.6) is 0 Å². The summed E-state index contributed by atoms with van der Waals surface area (Å²) in [5, 5.41) is 12.4. The molecule has 4 heteroatoms. The van der Waals surface area contributed by atoms with Crippen LogP contribution in [0.3, 0.4) is 0 Å². The number of hydrogen-bond donors (Lipinski definition) is 2. The fourth-order valence-electron chi connectivity index (χ4n) is 3.96. The molecule has 130 valence electrons. The van der Waals surface area contributed by atoms with Crippen LogP contribution in [0, 0.1) is 0 Å². The van der Waals surface area contributed by atoms with Crippen molar-refractivity contribution in [2.45, 2.75) is 30.6 Å². The Kier molecular flexibility index (Phi) is 4.22. The highest BCUT2D eigenvalue weighted by molar-refractivity contribution is 5.95. The fourth-order valence-corrected chi connectivity index (χ4v) is 3.96. The molecule has 4 nitrogen and oxygen atoms in total. The lowest BCUT2D eigenvalue weighted by atomic mass is 9.96. The molecule has 25 heavy (non-hydrogen) atoms. The summed E-state index contributed by atoms with van der Waals surface area (Å²) in [6.45, 7) is 1.44. The predicted molar refractivity (Wildman–Crippen MR) is 99.0 cm³/mol. The summed E-state index contributed by atoms with van der Waals surface area (Å²) >= 11 is 0. The highest BCUT2D eigenvalue weighted by Crippen LogP contribution is 2.56. The van der Waals surface area contributed by atoms with Crippen molar-refractivity contribution in [2.24, 2.45) is 0 Å². The van der Waals surface area contributed by atoms with Crippen molar-refractivity contribution in [3.63, 3.8) is 0 Å². The third-order valence-corrected chi connectivity index (χ3v) is 5.57. The highest BCUT2D eigenvalue weighted by atomic mass is 16.3. The van der Waals surface area contributed by atoms with Crippen LogP contribution >= 0.6 is 0 Å². The molecule has 1 aliphatic heterocycles. The molecule has 0 saturated heterocycles. The highest BCUT2D eigenvalue weighted by Gasteiger charge is 2.52. The van der Waals surface area contributed by atoms with Gasteiger partial charge in [-0.15, -0.1) is 0 Å². The summed E-state index contributed by atoms with van der Waals surface area (Å²) in [4.78, 5) is 14.7. The van der Waals surface area contributed by atoms with Crippen LogP contribution in [-0.4, -0.2) is 30.8 Å². The van der Waals surface area contributed by atoms with E-state index < -0.39 is 0 Å². The van der Waals surface area contributed by atoms with Gasteiger partial charge in [-0.05, 0) is 36.5 Å². The van der Waals surface area contributed by atoms with Gasteiger partial charge in [-0.3, -0.25) is 4.90 Å². The molecule has 1 saturated carbocycles. The number of nitrogens with one attached hydrogen (secondary N) is 1. The van der Waals surface area contributed by atoms with Crippen molar-refractivity contribution < 1.29 is 9.90 Å². The maximum Gasteiger partial charge on any atom is 0.321 e. The van der Waals surface area contributed by atoms with Crippen LogP contribution < -0.4 is 10.2 Å². The second-order valence-corrected chi connectivity index (χ2v) is 7.19. The minimum absolute atomic E-state index is 0.0323. The van der Waals surface area contributed by atoms with Gasteiger partial charge in [-0.1, -0.05) is 48.5 Å². The Morgan fingerprint density at radius 3 is 2.56 bits per heavy atom. The van der Waals surface area contributed by atoms with Crippen LogP contribution in [0.2, 0.25) is 0 Å². The average Bonchev–Trinajstić information content (AvgIpc) is 3.36. The minimum atomic E-state index is -0.0323. The van der Waals surface area contributed by atoms with Gasteiger partial charge in [0.15, 0.2) is 0 Å². The Hall–Kier alpha value is -2.33. The molecule has 1 aliphatic carbocycles. The number of rotatable bonds is 5. The molecular weight excluding hydrogens is 312 g/mol. The molecule has 2 aromatic carbocycles. The number of carbonyl (C=O) groups is 1. The predicted octanol–water partition coefficient (Wildman–Crippen LogP) is 3.41. The van der Waals surface area contributed by atoms with Gasteiger partial charge < -0.3 is 10.4 Å². The van der Waals surface area contributed by atoms with Gasteiger partial charge in [0, 0.05) is 36.7 Å². The van der Waals surface area contributed by atoms with Crippen LogP contribution in [0.25, 0.3) is 0 Å². The number of hydrogen-bond acceptors (Lipinski definition) is 2. The first-order chi connectivity index (χ1) is 12.2. The minimum Gasteiger partial charge on any atom is -0.396 e. The number of para-hydroxylation sites is 1. The van der Waals surface area contributed by atoms with Gasteiger partial charge in [0.1, 0.15) is 0 Å². The Labute approximate surface area is 148 Å². The second-order valence-electron chi connectivity index (χ2n) is 7.19. The van der Waals surface area contributed by atoms with Crippen LogP contribution in [-0.2, 0) is 5.41 Å². The van der Waals surface area contributed by atoms with E-state index in [4.69, 9.17) is 0 Å². The molecule has 1 spiro atoms. The van der Waals surface area contributed by atoms with E-state index in [2.05, 4.69) is 29.6 Å². The van der Waals surface area contributed by atoms with E-state index in [-0.39, 0.29) is 24.0 Å². The van der Waals surface area contributed by atoms with Crippen LogP contribution in [0.4, 0.5) is 10.5 Å². The van der Waals surface area contributed by atoms with E-state index in [1.807, 2.05) is 35.2 Å². The molecule has 0 aromatic heterocycles. The number of benzene rings is 2. The van der Waals surface area contributed by atoms with Crippen molar-refractivity contribution in [3.05, 3.63) is 65.7 Å². The Bertz CT molecular complexity index is 756. The fraction of sp³-hybridized carbons (Fsp3) is 0.381. The van der Waals surface area contributed by atoms with Crippen molar-refractivity contribution >= 4 is 11.7 Å². The second kappa shape index (κ2) is 6.52. The van der Waals surface area contributed by atoms with Crippen molar-refractivity contribution in [3.8, 4) is 0 Å². The van der Waals surface area contributed by atoms with E-state index in [0.29, 0.717) is 13.0 Å². The first-order valence-electron chi connectivity index (χ1n) is 9.04. The molecular formula is C21H24N2O2. The molecule has 2 aromatic rings. The number of amides is 2. The molecule has 2 aliphatic rings. The first-order valence-corrected chi connectivity index (χ1v) is 9.04. The van der Waals surface area contributed by atoms with Crippen LogP contribution in [0.1, 0.15) is 36.3 Å². The molecule has 2 N–H and O–H groups in total. The molecule has 1 unspecified atom stereocenters. The molecule has 1 heterocycles. The van der Waals surface area contributed by atoms with Gasteiger partial charge in [0.05, 0.1) is 0 Å². The number of aliphatic hydroxyl groups is 1. The molecule has 2 amide bonds. The molecule has 1 atom stereocenters. The lowest BCUT2D eigenvalue weighted by molar-refractivity contribution is 0.242.